The number of aromatic nitrogens is 3. The zero-order valence-electron chi connectivity index (χ0n) is 27.0. The number of para-hydroxylation sites is 2. The molecule has 51 heavy (non-hydrogen) atoms. The molecule has 6 nitrogen and oxygen atoms in total. The molecule has 7 aromatic carbocycles. The van der Waals surface area contributed by atoms with E-state index in [-0.39, 0.29) is 0 Å². The van der Waals surface area contributed by atoms with Crippen LogP contribution in [0.2, 0.25) is 0 Å². The minimum Gasteiger partial charge on any atom is -0.456 e. The van der Waals surface area contributed by atoms with Gasteiger partial charge in [-0.3, -0.25) is 0 Å². The van der Waals surface area contributed by atoms with Crippen molar-refractivity contribution >= 4 is 65.8 Å². The second-order valence-electron chi connectivity index (χ2n) is 12.8. The molecule has 11 rings (SSSR count). The molecule has 0 saturated carbocycles. The molecule has 0 N–H and O–H groups in total. The van der Waals surface area contributed by atoms with E-state index in [1.165, 1.54) is 0 Å². The van der Waals surface area contributed by atoms with Crippen LogP contribution in [0.4, 0.5) is 0 Å². The molecule has 0 aliphatic carbocycles. The van der Waals surface area contributed by atoms with Crippen LogP contribution in [0.15, 0.2) is 165 Å². The van der Waals surface area contributed by atoms with E-state index in [2.05, 4.69) is 66.7 Å². The Morgan fingerprint density at radius 1 is 0.294 bits per heavy atom. The zero-order valence-corrected chi connectivity index (χ0v) is 27.0. The molecule has 0 aliphatic rings. The first kappa shape index (κ1) is 27.9. The summed E-state index contributed by atoms with van der Waals surface area (Å²) in [6.07, 6.45) is 0. The maximum atomic E-state index is 6.47. The van der Waals surface area contributed by atoms with Gasteiger partial charge in [-0.25, -0.2) is 15.0 Å². The monoisotopic (exact) mass is 655 g/mol. The van der Waals surface area contributed by atoms with Crippen LogP contribution in [0.3, 0.4) is 0 Å². The normalized spacial score (nSPS) is 11.9. The standard InChI is InChI=1S/C45H25N3O3/c1-2-9-26(10-3-1)30-13-8-16-40-42(30)33-20-17-29(25-41(33)51-40)45-47-43(27-18-21-38-34(23-27)31-11-4-6-14-36(31)49-38)46-44(48-45)28-19-22-39-35(24-28)32-12-5-7-15-37(32)50-39/h1-25H. The number of benzene rings is 7. The van der Waals surface area contributed by atoms with Crippen LogP contribution in [0.25, 0.3) is 111 Å². The first-order chi connectivity index (χ1) is 25.2. The summed E-state index contributed by atoms with van der Waals surface area (Å²) in [5, 5.41) is 6.24. The second kappa shape index (κ2) is 10.7. The molecule has 11 aromatic rings. The molecule has 0 aliphatic heterocycles. The van der Waals surface area contributed by atoms with Crippen molar-refractivity contribution in [1.29, 1.82) is 0 Å². The van der Waals surface area contributed by atoms with Crippen LogP contribution in [-0.2, 0) is 0 Å². The van der Waals surface area contributed by atoms with Gasteiger partial charge in [-0.05, 0) is 77.9 Å². The molecule has 4 aromatic heterocycles. The van der Waals surface area contributed by atoms with Gasteiger partial charge < -0.3 is 13.3 Å². The Bertz CT molecular complexity index is 3020. The van der Waals surface area contributed by atoms with Crippen LogP contribution in [0, 0.1) is 0 Å². The van der Waals surface area contributed by atoms with E-state index in [1.807, 2.05) is 84.9 Å². The van der Waals surface area contributed by atoms with Gasteiger partial charge in [-0.1, -0.05) is 84.9 Å². The minimum atomic E-state index is 0.551. The molecular formula is C45H25N3O3. The van der Waals surface area contributed by atoms with Gasteiger partial charge in [0.15, 0.2) is 17.5 Å². The van der Waals surface area contributed by atoms with Gasteiger partial charge in [-0.2, -0.15) is 0 Å². The molecule has 0 saturated heterocycles. The number of fused-ring (bicyclic) bond motifs is 9. The predicted molar refractivity (Wildman–Crippen MR) is 203 cm³/mol. The van der Waals surface area contributed by atoms with Crippen molar-refractivity contribution in [1.82, 2.24) is 15.0 Å². The fraction of sp³-hybridized carbons (Fsp3) is 0. The Morgan fingerprint density at radius 3 is 1.41 bits per heavy atom. The largest absolute Gasteiger partial charge is 0.456 e. The van der Waals surface area contributed by atoms with Crippen molar-refractivity contribution < 1.29 is 13.3 Å². The number of nitrogens with zero attached hydrogens (tertiary/aromatic N) is 3. The molecule has 0 amide bonds. The maximum absolute atomic E-state index is 6.47. The third kappa shape index (κ3) is 4.40. The highest BCUT2D eigenvalue weighted by molar-refractivity contribution is 6.13. The third-order valence-corrected chi connectivity index (χ3v) is 9.75. The van der Waals surface area contributed by atoms with Crippen LogP contribution in [-0.4, -0.2) is 15.0 Å². The van der Waals surface area contributed by atoms with Crippen LogP contribution in [0.5, 0.6) is 0 Å². The van der Waals surface area contributed by atoms with Crippen molar-refractivity contribution in [2.24, 2.45) is 0 Å². The van der Waals surface area contributed by atoms with E-state index in [4.69, 9.17) is 28.2 Å². The van der Waals surface area contributed by atoms with Crippen LogP contribution >= 0.6 is 0 Å². The average molecular weight is 656 g/mol. The molecule has 0 fully saturated rings. The lowest BCUT2D eigenvalue weighted by atomic mass is 9.99. The van der Waals surface area contributed by atoms with E-state index in [0.717, 1.165) is 93.6 Å². The van der Waals surface area contributed by atoms with Gasteiger partial charge in [-0.15, -0.1) is 0 Å². The lowest BCUT2D eigenvalue weighted by molar-refractivity contribution is 0.668. The topological polar surface area (TPSA) is 78.1 Å². The Labute approximate surface area is 290 Å². The average Bonchev–Trinajstić information content (AvgIpc) is 3.88. The van der Waals surface area contributed by atoms with Crippen molar-refractivity contribution in [3.63, 3.8) is 0 Å². The predicted octanol–water partition coefficient (Wildman–Crippen LogP) is 12.2. The summed E-state index contributed by atoms with van der Waals surface area (Å²) < 4.78 is 18.7. The third-order valence-electron chi connectivity index (χ3n) is 9.75. The molecule has 0 spiro atoms. The Morgan fingerprint density at radius 2 is 0.784 bits per heavy atom. The molecule has 0 bridgehead atoms. The van der Waals surface area contributed by atoms with Crippen molar-refractivity contribution in [3.8, 4) is 45.3 Å². The molecule has 0 atom stereocenters. The van der Waals surface area contributed by atoms with E-state index in [9.17, 15) is 0 Å². The second-order valence-corrected chi connectivity index (χ2v) is 12.8. The Kier molecular flexibility index (Phi) is 5.86. The fourth-order valence-electron chi connectivity index (χ4n) is 7.32. The number of furan rings is 3. The summed E-state index contributed by atoms with van der Waals surface area (Å²) in [7, 11) is 0. The summed E-state index contributed by atoms with van der Waals surface area (Å²) >= 11 is 0. The molecule has 6 heteroatoms. The van der Waals surface area contributed by atoms with Gasteiger partial charge in [0.05, 0.1) is 0 Å². The lowest BCUT2D eigenvalue weighted by Gasteiger charge is -2.09. The molecule has 4 heterocycles. The highest BCUT2D eigenvalue weighted by Crippen LogP contribution is 2.39. The highest BCUT2D eigenvalue weighted by atomic mass is 16.3. The number of rotatable bonds is 4. The van der Waals surface area contributed by atoms with Crippen LogP contribution < -0.4 is 0 Å². The smallest absolute Gasteiger partial charge is 0.164 e. The summed E-state index contributed by atoms with van der Waals surface area (Å²) in [4.78, 5) is 15.2. The quantitative estimate of drug-likeness (QED) is 0.188. The number of hydrogen-bond donors (Lipinski definition) is 0. The minimum absolute atomic E-state index is 0.551. The van der Waals surface area contributed by atoms with Gasteiger partial charge >= 0.3 is 0 Å². The molecular weight excluding hydrogens is 631 g/mol. The first-order valence-corrected chi connectivity index (χ1v) is 16.8. The van der Waals surface area contributed by atoms with Gasteiger partial charge in [0.25, 0.3) is 0 Å². The molecule has 0 radical (unpaired) electrons. The first-order valence-electron chi connectivity index (χ1n) is 16.8. The van der Waals surface area contributed by atoms with E-state index in [0.29, 0.717) is 17.5 Å². The van der Waals surface area contributed by atoms with E-state index >= 15 is 0 Å². The van der Waals surface area contributed by atoms with E-state index in [1.54, 1.807) is 0 Å². The molecule has 0 unspecified atom stereocenters. The van der Waals surface area contributed by atoms with Gasteiger partial charge in [0.2, 0.25) is 0 Å². The van der Waals surface area contributed by atoms with Crippen LogP contribution in [0.1, 0.15) is 0 Å². The fourth-order valence-corrected chi connectivity index (χ4v) is 7.32. The Balaban J connectivity index is 1.12. The number of hydrogen-bond acceptors (Lipinski definition) is 6. The maximum Gasteiger partial charge on any atom is 0.164 e. The van der Waals surface area contributed by atoms with Gasteiger partial charge in [0.1, 0.15) is 33.5 Å². The summed E-state index contributed by atoms with van der Waals surface area (Å²) in [5.41, 5.74) is 9.77. The zero-order chi connectivity index (χ0) is 33.5. The van der Waals surface area contributed by atoms with Crippen molar-refractivity contribution in [3.05, 3.63) is 152 Å². The van der Waals surface area contributed by atoms with Crippen molar-refractivity contribution in [2.75, 3.05) is 0 Å². The van der Waals surface area contributed by atoms with E-state index < -0.39 is 0 Å². The molecule has 238 valence electrons. The van der Waals surface area contributed by atoms with Crippen molar-refractivity contribution in [2.45, 2.75) is 0 Å². The highest BCUT2D eigenvalue weighted by Gasteiger charge is 2.18. The SMILES string of the molecule is c1ccc(-c2cccc3oc4cc(-c5nc(-c6ccc7oc8ccccc8c7c6)nc(-c6ccc7oc8ccccc8c7c6)n5)ccc4c23)cc1. The summed E-state index contributed by atoms with van der Waals surface area (Å²) in [6, 6.07) is 51.2. The summed E-state index contributed by atoms with van der Waals surface area (Å²) in [6.45, 7) is 0. The lowest BCUT2D eigenvalue weighted by Crippen LogP contribution is -2.00. The Hall–Kier alpha value is -7.05. The summed E-state index contributed by atoms with van der Waals surface area (Å²) in [5.74, 6) is 1.68. The van der Waals surface area contributed by atoms with Gasteiger partial charge in [0, 0.05) is 49.0 Å².